The third-order valence-corrected chi connectivity index (χ3v) is 4.50. The Balaban J connectivity index is 2.02. The molecule has 0 amide bonds. The van der Waals surface area contributed by atoms with Gasteiger partial charge in [-0.3, -0.25) is 0 Å². The Hall–Kier alpha value is -1.79. The largest absolute Gasteiger partial charge is 0.491 e. The van der Waals surface area contributed by atoms with Gasteiger partial charge in [-0.2, -0.15) is 0 Å². The second kappa shape index (κ2) is 21.7. The van der Waals surface area contributed by atoms with Crippen molar-refractivity contribution in [1.29, 1.82) is 0 Å². The molecular weight excluding hydrogens is 448 g/mol. The van der Waals surface area contributed by atoms with Crippen LogP contribution in [0.3, 0.4) is 0 Å². The maximum absolute atomic E-state index is 11.8. The maximum Gasteiger partial charge on any atom is 0.337 e. The van der Waals surface area contributed by atoms with Gasteiger partial charge in [0.15, 0.2) is 0 Å². The summed E-state index contributed by atoms with van der Waals surface area (Å²) in [6.07, 6.45) is 1.27. The zero-order chi connectivity index (χ0) is 24.7. The van der Waals surface area contributed by atoms with Crippen molar-refractivity contribution in [2.75, 3.05) is 100 Å². The molecule has 10 heteroatoms. The molecule has 0 aliphatic rings. The molecule has 0 fully saturated rings. The number of aliphatic hydroxyl groups excluding tert-OH is 1. The summed E-state index contributed by atoms with van der Waals surface area (Å²) in [4.78, 5) is 11.8. The number of carbonyl (C=O) groups is 1. The van der Waals surface area contributed by atoms with Crippen molar-refractivity contribution in [2.24, 2.45) is 0 Å². The van der Waals surface area contributed by atoms with Gasteiger partial charge in [-0.15, -0.1) is 0 Å². The Morgan fingerprint density at radius 1 is 0.735 bits per heavy atom. The Kier molecular flexibility index (Phi) is 19.3. The topological polar surface area (TPSA) is 111 Å². The van der Waals surface area contributed by atoms with Crippen LogP contribution in [-0.2, 0) is 39.6 Å². The van der Waals surface area contributed by atoms with E-state index in [1.54, 1.807) is 19.2 Å². The molecule has 0 atom stereocenters. The van der Waals surface area contributed by atoms with E-state index in [2.05, 4.69) is 0 Å². The minimum atomic E-state index is -0.424. The van der Waals surface area contributed by atoms with E-state index in [4.69, 9.17) is 43.0 Å². The standard InChI is InChI=1S/C24H40O10/c1-27-8-9-29-10-11-30-12-13-31-14-15-32-16-17-33-18-19-34-23-20-22(24(26)28-2)6-5-21(23)4-3-7-25/h5-6,20,25H,3-4,7-19H2,1-2H3. The van der Waals surface area contributed by atoms with Crippen LogP contribution in [-0.4, -0.2) is 111 Å². The van der Waals surface area contributed by atoms with E-state index in [1.807, 2.05) is 6.07 Å². The van der Waals surface area contributed by atoms with Gasteiger partial charge in [0.2, 0.25) is 0 Å². The Morgan fingerprint density at radius 2 is 1.24 bits per heavy atom. The summed E-state index contributed by atoms with van der Waals surface area (Å²) >= 11 is 0. The van der Waals surface area contributed by atoms with Gasteiger partial charge in [-0.05, 0) is 30.5 Å². The molecule has 0 saturated carbocycles. The summed E-state index contributed by atoms with van der Waals surface area (Å²) in [6.45, 7) is 5.92. The first kappa shape index (κ1) is 30.2. The Morgan fingerprint density at radius 3 is 1.71 bits per heavy atom. The van der Waals surface area contributed by atoms with E-state index in [-0.39, 0.29) is 6.61 Å². The van der Waals surface area contributed by atoms with Gasteiger partial charge in [0.25, 0.3) is 0 Å². The minimum Gasteiger partial charge on any atom is -0.491 e. The van der Waals surface area contributed by atoms with Crippen LogP contribution in [0.1, 0.15) is 22.3 Å². The predicted molar refractivity (Wildman–Crippen MR) is 125 cm³/mol. The number of hydrogen-bond donors (Lipinski definition) is 1. The average Bonchev–Trinajstić information content (AvgIpc) is 2.86. The molecule has 0 aliphatic carbocycles. The van der Waals surface area contributed by atoms with Crippen LogP contribution in [0.5, 0.6) is 5.75 Å². The van der Waals surface area contributed by atoms with E-state index in [9.17, 15) is 4.79 Å². The Bertz CT molecular complexity index is 626. The molecule has 0 aliphatic heterocycles. The van der Waals surface area contributed by atoms with Gasteiger partial charge in [0, 0.05) is 13.7 Å². The average molecular weight is 489 g/mol. The molecule has 0 unspecified atom stereocenters. The number of esters is 1. The smallest absolute Gasteiger partial charge is 0.337 e. The highest BCUT2D eigenvalue weighted by Gasteiger charge is 2.11. The summed E-state index contributed by atoms with van der Waals surface area (Å²) < 4.78 is 42.5. The highest BCUT2D eigenvalue weighted by Crippen LogP contribution is 2.22. The molecule has 1 rings (SSSR count). The molecule has 196 valence electrons. The normalized spacial score (nSPS) is 11.0. The molecule has 1 aromatic carbocycles. The second-order valence-electron chi connectivity index (χ2n) is 7.04. The zero-order valence-corrected chi connectivity index (χ0v) is 20.5. The third-order valence-electron chi connectivity index (χ3n) is 4.50. The summed E-state index contributed by atoms with van der Waals surface area (Å²) in [7, 11) is 2.97. The zero-order valence-electron chi connectivity index (χ0n) is 20.5. The number of carbonyl (C=O) groups excluding carboxylic acids is 1. The number of rotatable bonds is 23. The van der Waals surface area contributed by atoms with Crippen LogP contribution >= 0.6 is 0 Å². The third kappa shape index (κ3) is 15.2. The number of methoxy groups -OCH3 is 2. The highest BCUT2D eigenvalue weighted by molar-refractivity contribution is 5.89. The Labute approximate surface area is 202 Å². The summed E-state index contributed by atoms with van der Waals surface area (Å²) in [5, 5.41) is 9.07. The number of aliphatic hydroxyl groups is 1. The first-order chi connectivity index (χ1) is 16.7. The lowest BCUT2D eigenvalue weighted by Crippen LogP contribution is -2.15. The van der Waals surface area contributed by atoms with Crippen LogP contribution < -0.4 is 4.74 Å². The lowest BCUT2D eigenvalue weighted by Gasteiger charge is -2.13. The van der Waals surface area contributed by atoms with Crippen molar-refractivity contribution in [1.82, 2.24) is 0 Å². The van der Waals surface area contributed by atoms with Crippen LogP contribution in [0.2, 0.25) is 0 Å². The molecular formula is C24H40O10. The van der Waals surface area contributed by atoms with E-state index in [0.717, 1.165) is 5.56 Å². The van der Waals surface area contributed by atoms with Gasteiger partial charge in [0.05, 0.1) is 85.3 Å². The highest BCUT2D eigenvalue weighted by atomic mass is 16.6. The summed E-state index contributed by atoms with van der Waals surface area (Å²) in [5.74, 6) is 0.169. The number of aryl methyl sites for hydroxylation is 1. The van der Waals surface area contributed by atoms with Crippen LogP contribution in [0.4, 0.5) is 0 Å². The van der Waals surface area contributed by atoms with E-state index in [1.165, 1.54) is 7.11 Å². The van der Waals surface area contributed by atoms with Crippen molar-refractivity contribution in [3.8, 4) is 5.75 Å². The molecule has 0 spiro atoms. The SMILES string of the molecule is COCCOCCOCCOCCOCCOCCOc1cc(C(=O)OC)ccc1CCCO. The molecule has 1 N–H and O–H groups in total. The van der Waals surface area contributed by atoms with E-state index >= 15 is 0 Å². The predicted octanol–water partition coefficient (Wildman–Crippen LogP) is 1.51. The molecule has 0 aromatic heterocycles. The van der Waals surface area contributed by atoms with Crippen molar-refractivity contribution >= 4 is 5.97 Å². The minimum absolute atomic E-state index is 0.0885. The monoisotopic (exact) mass is 488 g/mol. The fourth-order valence-electron chi connectivity index (χ4n) is 2.74. The fourth-order valence-corrected chi connectivity index (χ4v) is 2.74. The van der Waals surface area contributed by atoms with Gasteiger partial charge < -0.3 is 43.0 Å². The fraction of sp³-hybridized carbons (Fsp3) is 0.708. The van der Waals surface area contributed by atoms with Crippen LogP contribution in [0.25, 0.3) is 0 Å². The van der Waals surface area contributed by atoms with E-state index < -0.39 is 5.97 Å². The quantitative estimate of drug-likeness (QED) is 0.180. The van der Waals surface area contributed by atoms with Crippen LogP contribution in [0.15, 0.2) is 18.2 Å². The summed E-state index contributed by atoms with van der Waals surface area (Å²) in [6, 6.07) is 5.17. The van der Waals surface area contributed by atoms with Gasteiger partial charge in [-0.1, -0.05) is 6.07 Å². The van der Waals surface area contributed by atoms with Gasteiger partial charge in [-0.25, -0.2) is 4.79 Å². The lowest BCUT2D eigenvalue weighted by molar-refractivity contribution is -0.0159. The number of benzene rings is 1. The van der Waals surface area contributed by atoms with Crippen molar-refractivity contribution in [3.63, 3.8) is 0 Å². The molecule has 0 heterocycles. The first-order valence-corrected chi connectivity index (χ1v) is 11.6. The van der Waals surface area contributed by atoms with E-state index in [0.29, 0.717) is 103 Å². The molecule has 0 radical (unpaired) electrons. The summed E-state index contributed by atoms with van der Waals surface area (Å²) in [5.41, 5.74) is 1.34. The molecule has 0 saturated heterocycles. The van der Waals surface area contributed by atoms with Crippen molar-refractivity contribution in [2.45, 2.75) is 12.8 Å². The van der Waals surface area contributed by atoms with Crippen molar-refractivity contribution in [3.05, 3.63) is 29.3 Å². The second-order valence-corrected chi connectivity index (χ2v) is 7.04. The first-order valence-electron chi connectivity index (χ1n) is 11.6. The molecule has 10 nitrogen and oxygen atoms in total. The molecule has 34 heavy (non-hydrogen) atoms. The van der Waals surface area contributed by atoms with Gasteiger partial charge in [0.1, 0.15) is 12.4 Å². The number of hydrogen-bond acceptors (Lipinski definition) is 10. The van der Waals surface area contributed by atoms with Crippen LogP contribution in [0, 0.1) is 0 Å². The maximum atomic E-state index is 11.8. The van der Waals surface area contributed by atoms with Crippen molar-refractivity contribution < 1.29 is 47.8 Å². The lowest BCUT2D eigenvalue weighted by atomic mass is 10.1. The number of ether oxygens (including phenoxy) is 8. The molecule has 1 aromatic rings. The molecule has 0 bridgehead atoms. The van der Waals surface area contributed by atoms with Gasteiger partial charge >= 0.3 is 5.97 Å².